The molecule has 5 nitrogen and oxygen atoms in total. The normalized spacial score (nSPS) is 16.6. The Hall–Kier alpha value is -1.59. The van der Waals surface area contributed by atoms with Gasteiger partial charge in [-0.2, -0.15) is 0 Å². The largest absolute Gasteiger partial charge is 0.506 e. The lowest BCUT2D eigenvalue weighted by Crippen LogP contribution is -2.19. The molecule has 0 spiro atoms. The van der Waals surface area contributed by atoms with Crippen molar-refractivity contribution in [2.45, 2.75) is 26.6 Å². The summed E-state index contributed by atoms with van der Waals surface area (Å²) in [6, 6.07) is 4.95. The number of phenolic OH excluding ortho intramolecular Hbond substituents is 1. The van der Waals surface area contributed by atoms with Gasteiger partial charge in [-0.15, -0.1) is 0 Å². The minimum absolute atomic E-state index is 0.0357. The van der Waals surface area contributed by atoms with Gasteiger partial charge in [0.25, 0.3) is 0 Å². The maximum Gasteiger partial charge on any atom is 0.227 e. The van der Waals surface area contributed by atoms with E-state index < -0.39 is 6.29 Å². The number of aromatic hydroxyl groups is 1. The lowest BCUT2D eigenvalue weighted by atomic mass is 10.1. The van der Waals surface area contributed by atoms with E-state index in [1.807, 2.05) is 0 Å². The summed E-state index contributed by atoms with van der Waals surface area (Å²) in [6.07, 6.45) is 0.454. The number of ether oxygens (including phenoxy) is 2. The number of phenols is 1. The minimum atomic E-state index is -0.427. The second-order valence-corrected chi connectivity index (χ2v) is 4.85. The Kier molecular flexibility index (Phi) is 4.39. The molecule has 1 aromatic rings. The first-order chi connectivity index (χ1) is 9.08. The maximum absolute atomic E-state index is 11.7. The van der Waals surface area contributed by atoms with Gasteiger partial charge in [-0.1, -0.05) is 19.9 Å². The van der Waals surface area contributed by atoms with E-state index in [1.54, 1.807) is 26.0 Å². The summed E-state index contributed by atoms with van der Waals surface area (Å²) in [5, 5.41) is 12.5. The molecule has 0 bridgehead atoms. The van der Waals surface area contributed by atoms with Gasteiger partial charge in [-0.3, -0.25) is 4.79 Å². The Morgan fingerprint density at radius 2 is 2.05 bits per heavy atom. The number of anilines is 1. The van der Waals surface area contributed by atoms with E-state index in [1.165, 1.54) is 6.07 Å². The summed E-state index contributed by atoms with van der Waals surface area (Å²) < 4.78 is 11.0. The average Bonchev–Trinajstić information content (AvgIpc) is 2.42. The van der Waals surface area contributed by atoms with Crippen molar-refractivity contribution in [3.05, 3.63) is 23.8 Å². The van der Waals surface area contributed by atoms with E-state index in [9.17, 15) is 9.90 Å². The van der Waals surface area contributed by atoms with Gasteiger partial charge in [0.05, 0.1) is 18.9 Å². The summed E-state index contributed by atoms with van der Waals surface area (Å²) in [6.45, 7) is 4.89. The summed E-state index contributed by atoms with van der Waals surface area (Å²) in [5.74, 6) is -0.253. The molecule has 1 aliphatic heterocycles. The van der Waals surface area contributed by atoms with Gasteiger partial charge in [-0.25, -0.2) is 0 Å². The molecule has 1 aromatic carbocycles. The molecule has 5 heteroatoms. The quantitative estimate of drug-likeness (QED) is 0.824. The number of benzene rings is 1. The SMILES string of the molecule is CC(C)C(=O)Nc1cc(C2OCCCO2)ccc1O. The smallest absolute Gasteiger partial charge is 0.227 e. The van der Waals surface area contributed by atoms with E-state index in [0.717, 1.165) is 12.0 Å². The molecule has 1 aliphatic rings. The third kappa shape index (κ3) is 3.45. The van der Waals surface area contributed by atoms with Crippen molar-refractivity contribution in [1.29, 1.82) is 0 Å². The van der Waals surface area contributed by atoms with Crippen molar-refractivity contribution >= 4 is 11.6 Å². The molecule has 0 aliphatic carbocycles. The third-order valence-electron chi connectivity index (χ3n) is 2.90. The van der Waals surface area contributed by atoms with Crippen molar-refractivity contribution in [3.8, 4) is 5.75 Å². The number of amides is 1. The molecule has 0 radical (unpaired) electrons. The molecule has 1 amide bonds. The van der Waals surface area contributed by atoms with Crippen LogP contribution < -0.4 is 5.32 Å². The number of hydrogen-bond donors (Lipinski definition) is 2. The van der Waals surface area contributed by atoms with Gasteiger partial charge >= 0.3 is 0 Å². The van der Waals surface area contributed by atoms with Gasteiger partial charge in [0.1, 0.15) is 5.75 Å². The topological polar surface area (TPSA) is 67.8 Å². The highest BCUT2D eigenvalue weighted by atomic mass is 16.7. The second-order valence-electron chi connectivity index (χ2n) is 4.85. The second kappa shape index (κ2) is 6.04. The summed E-state index contributed by atoms with van der Waals surface area (Å²) >= 11 is 0. The Balaban J connectivity index is 2.16. The lowest BCUT2D eigenvalue weighted by molar-refractivity contribution is -0.183. The van der Waals surface area contributed by atoms with Crippen LogP contribution in [0.3, 0.4) is 0 Å². The van der Waals surface area contributed by atoms with E-state index >= 15 is 0 Å². The monoisotopic (exact) mass is 265 g/mol. The first-order valence-electron chi connectivity index (χ1n) is 6.45. The fraction of sp³-hybridized carbons (Fsp3) is 0.500. The summed E-state index contributed by atoms with van der Waals surface area (Å²) in [4.78, 5) is 11.7. The lowest BCUT2D eigenvalue weighted by Gasteiger charge is -2.24. The molecule has 104 valence electrons. The van der Waals surface area contributed by atoms with Crippen LogP contribution >= 0.6 is 0 Å². The maximum atomic E-state index is 11.7. The molecule has 0 saturated carbocycles. The fourth-order valence-corrected chi connectivity index (χ4v) is 1.76. The minimum Gasteiger partial charge on any atom is -0.506 e. The molecule has 19 heavy (non-hydrogen) atoms. The van der Waals surface area contributed by atoms with Crippen LogP contribution in [0.4, 0.5) is 5.69 Å². The molecular weight excluding hydrogens is 246 g/mol. The Morgan fingerprint density at radius 1 is 1.37 bits per heavy atom. The molecule has 2 rings (SSSR count). The molecule has 0 aromatic heterocycles. The number of carbonyl (C=O) groups excluding carboxylic acids is 1. The zero-order chi connectivity index (χ0) is 13.8. The Morgan fingerprint density at radius 3 is 2.68 bits per heavy atom. The van der Waals surface area contributed by atoms with Crippen LogP contribution in [-0.4, -0.2) is 24.2 Å². The Labute approximate surface area is 112 Å². The highest BCUT2D eigenvalue weighted by Crippen LogP contribution is 2.30. The zero-order valence-corrected chi connectivity index (χ0v) is 11.2. The van der Waals surface area contributed by atoms with Crippen LogP contribution in [0.5, 0.6) is 5.75 Å². The summed E-state index contributed by atoms with van der Waals surface area (Å²) in [7, 11) is 0. The predicted octanol–water partition coefficient (Wildman–Crippen LogP) is 2.42. The van der Waals surface area contributed by atoms with Crippen LogP contribution in [0.2, 0.25) is 0 Å². The van der Waals surface area contributed by atoms with Gasteiger partial charge < -0.3 is 19.9 Å². The van der Waals surface area contributed by atoms with Crippen molar-refractivity contribution in [3.63, 3.8) is 0 Å². The van der Waals surface area contributed by atoms with Crippen molar-refractivity contribution in [1.82, 2.24) is 0 Å². The molecule has 1 saturated heterocycles. The third-order valence-corrected chi connectivity index (χ3v) is 2.90. The first-order valence-corrected chi connectivity index (χ1v) is 6.45. The van der Waals surface area contributed by atoms with Gasteiger partial charge in [0.2, 0.25) is 5.91 Å². The van der Waals surface area contributed by atoms with Crippen molar-refractivity contribution in [2.75, 3.05) is 18.5 Å². The number of rotatable bonds is 3. The van der Waals surface area contributed by atoms with Crippen LogP contribution in [-0.2, 0) is 14.3 Å². The molecule has 1 fully saturated rings. The first kappa shape index (κ1) is 13.8. The number of carbonyl (C=O) groups is 1. The highest BCUT2D eigenvalue weighted by Gasteiger charge is 2.18. The average molecular weight is 265 g/mol. The molecule has 2 N–H and O–H groups in total. The van der Waals surface area contributed by atoms with E-state index in [2.05, 4.69) is 5.32 Å². The molecular formula is C14H19NO4. The van der Waals surface area contributed by atoms with Crippen LogP contribution in [0.15, 0.2) is 18.2 Å². The standard InChI is InChI=1S/C14H19NO4/c1-9(2)13(17)15-11-8-10(4-5-12(11)16)14-18-6-3-7-19-14/h4-5,8-9,14,16H,3,6-7H2,1-2H3,(H,15,17). The predicted molar refractivity (Wildman–Crippen MR) is 70.8 cm³/mol. The van der Waals surface area contributed by atoms with Crippen molar-refractivity contribution < 1.29 is 19.4 Å². The van der Waals surface area contributed by atoms with E-state index in [-0.39, 0.29) is 17.6 Å². The fourth-order valence-electron chi connectivity index (χ4n) is 1.76. The number of nitrogens with one attached hydrogen (secondary N) is 1. The van der Waals surface area contributed by atoms with Crippen LogP contribution in [0.1, 0.15) is 32.1 Å². The zero-order valence-electron chi connectivity index (χ0n) is 11.2. The number of hydrogen-bond acceptors (Lipinski definition) is 4. The van der Waals surface area contributed by atoms with Gasteiger partial charge in [0, 0.05) is 11.5 Å². The molecule has 0 atom stereocenters. The van der Waals surface area contributed by atoms with Crippen LogP contribution in [0, 0.1) is 5.92 Å². The molecule has 0 unspecified atom stereocenters. The van der Waals surface area contributed by atoms with Gasteiger partial charge in [-0.05, 0) is 18.6 Å². The molecule has 1 heterocycles. The van der Waals surface area contributed by atoms with Crippen molar-refractivity contribution in [2.24, 2.45) is 5.92 Å². The van der Waals surface area contributed by atoms with E-state index in [4.69, 9.17) is 9.47 Å². The van der Waals surface area contributed by atoms with E-state index in [0.29, 0.717) is 18.9 Å². The highest BCUT2D eigenvalue weighted by molar-refractivity contribution is 5.93. The van der Waals surface area contributed by atoms with Crippen LogP contribution in [0.25, 0.3) is 0 Å². The Bertz CT molecular complexity index is 453. The van der Waals surface area contributed by atoms with Gasteiger partial charge in [0.15, 0.2) is 6.29 Å². The summed E-state index contributed by atoms with van der Waals surface area (Å²) in [5.41, 5.74) is 1.17.